The molecule has 0 bridgehead atoms. The van der Waals surface area contributed by atoms with E-state index in [-0.39, 0.29) is 0 Å². The predicted molar refractivity (Wildman–Crippen MR) is 38.8 cm³/mol. The molecule has 0 heterocycles. The van der Waals surface area contributed by atoms with Crippen LogP contribution < -0.4 is 0 Å². The van der Waals surface area contributed by atoms with Gasteiger partial charge >= 0.3 is 6.18 Å². The number of thiol groups is 1. The minimum Gasteiger partial charge on any atom is -0.300 e. The first kappa shape index (κ1) is 11.5. The highest BCUT2D eigenvalue weighted by Gasteiger charge is 2.43. The second-order valence-electron chi connectivity index (χ2n) is 2.34. The maximum Gasteiger partial charge on any atom is 0.399 e. The third-order valence-corrected chi connectivity index (χ3v) is 1.50. The summed E-state index contributed by atoms with van der Waals surface area (Å²) in [5.41, 5.74) is 0. The van der Waals surface area contributed by atoms with E-state index < -0.39 is 29.4 Å². The molecule has 0 aromatic carbocycles. The molecule has 0 aromatic rings. The van der Waals surface area contributed by atoms with Gasteiger partial charge in [0.15, 0.2) is 5.12 Å². The number of hydrogen-bond acceptors (Lipinski definition) is 2. The van der Waals surface area contributed by atoms with Crippen LogP contribution in [0.2, 0.25) is 0 Å². The van der Waals surface area contributed by atoms with Crippen LogP contribution >= 0.6 is 12.6 Å². The zero-order chi connectivity index (χ0) is 9.94. The zero-order valence-electron chi connectivity index (χ0n) is 6.18. The fraction of sp³-hybridized carbons (Fsp3) is 0.667. The standard InChI is InChI=1S/C6H7F3O2S/c1-3(10)2-4(5(11)12)6(7,8)9/h4H,2H2,1H3,(H,11,12). The first-order chi connectivity index (χ1) is 5.25. The molecule has 0 saturated heterocycles. The highest BCUT2D eigenvalue weighted by molar-refractivity contribution is 7.96. The lowest BCUT2D eigenvalue weighted by Gasteiger charge is -2.14. The summed E-state index contributed by atoms with van der Waals surface area (Å²) in [7, 11) is 0. The van der Waals surface area contributed by atoms with Crippen molar-refractivity contribution in [3.8, 4) is 0 Å². The molecular weight excluding hydrogens is 193 g/mol. The number of hydrogen-bond donors (Lipinski definition) is 1. The molecule has 0 aliphatic carbocycles. The molecule has 2 nitrogen and oxygen atoms in total. The zero-order valence-corrected chi connectivity index (χ0v) is 7.08. The molecule has 0 radical (unpaired) electrons. The van der Waals surface area contributed by atoms with E-state index in [1.165, 1.54) is 0 Å². The molecule has 0 aliphatic rings. The quantitative estimate of drug-likeness (QED) is 0.702. The smallest absolute Gasteiger partial charge is 0.300 e. The Morgan fingerprint density at radius 3 is 1.92 bits per heavy atom. The summed E-state index contributed by atoms with van der Waals surface area (Å²) in [4.78, 5) is 20.6. The van der Waals surface area contributed by atoms with E-state index in [9.17, 15) is 22.8 Å². The molecule has 0 aliphatic heterocycles. The van der Waals surface area contributed by atoms with Crippen molar-refractivity contribution in [1.29, 1.82) is 0 Å². The van der Waals surface area contributed by atoms with Gasteiger partial charge < -0.3 is 0 Å². The van der Waals surface area contributed by atoms with Crippen molar-refractivity contribution in [2.75, 3.05) is 0 Å². The second-order valence-corrected chi connectivity index (χ2v) is 2.78. The number of ketones is 1. The average Bonchev–Trinajstić information content (AvgIpc) is 1.79. The molecule has 12 heavy (non-hydrogen) atoms. The van der Waals surface area contributed by atoms with Crippen LogP contribution in [0.1, 0.15) is 13.3 Å². The number of carbonyl (C=O) groups is 2. The molecule has 0 rings (SSSR count). The van der Waals surface area contributed by atoms with E-state index in [2.05, 4.69) is 12.6 Å². The lowest BCUT2D eigenvalue weighted by molar-refractivity contribution is -0.179. The van der Waals surface area contributed by atoms with Gasteiger partial charge in [-0.15, -0.1) is 12.6 Å². The number of rotatable bonds is 3. The van der Waals surface area contributed by atoms with Crippen molar-refractivity contribution < 1.29 is 22.8 Å². The van der Waals surface area contributed by atoms with Crippen molar-refractivity contribution in [3.63, 3.8) is 0 Å². The molecule has 1 atom stereocenters. The third kappa shape index (κ3) is 3.75. The van der Waals surface area contributed by atoms with Crippen molar-refractivity contribution in [2.24, 2.45) is 5.92 Å². The van der Waals surface area contributed by atoms with E-state index in [0.29, 0.717) is 0 Å². The highest BCUT2D eigenvalue weighted by atomic mass is 32.1. The SMILES string of the molecule is CC(=O)CC(C(=O)S)C(F)(F)F. The second kappa shape index (κ2) is 3.93. The lowest BCUT2D eigenvalue weighted by Crippen LogP contribution is -2.29. The molecule has 0 N–H and O–H groups in total. The van der Waals surface area contributed by atoms with E-state index in [1.807, 2.05) is 0 Å². The largest absolute Gasteiger partial charge is 0.399 e. The van der Waals surface area contributed by atoms with Crippen molar-refractivity contribution >= 4 is 23.5 Å². The van der Waals surface area contributed by atoms with Gasteiger partial charge in [0, 0.05) is 6.42 Å². The average molecular weight is 200 g/mol. The summed E-state index contributed by atoms with van der Waals surface area (Å²) < 4.78 is 35.7. The Bertz CT molecular complexity index is 199. The van der Waals surface area contributed by atoms with Crippen LogP contribution in [-0.2, 0) is 9.59 Å². The molecule has 70 valence electrons. The number of Topliss-reactive ketones (excluding diaryl/α,β-unsaturated/α-hetero) is 1. The number of alkyl halides is 3. The van der Waals surface area contributed by atoms with Crippen molar-refractivity contribution in [2.45, 2.75) is 19.5 Å². The summed E-state index contributed by atoms with van der Waals surface area (Å²) in [6, 6.07) is 0. The Labute approximate surface area is 72.5 Å². The molecule has 6 heteroatoms. The van der Waals surface area contributed by atoms with Crippen molar-refractivity contribution in [3.05, 3.63) is 0 Å². The molecule has 0 fully saturated rings. The van der Waals surface area contributed by atoms with Gasteiger partial charge in [-0.2, -0.15) is 13.2 Å². The molecule has 0 spiro atoms. The van der Waals surface area contributed by atoms with E-state index >= 15 is 0 Å². The van der Waals surface area contributed by atoms with Gasteiger partial charge in [0.2, 0.25) is 0 Å². The van der Waals surface area contributed by atoms with E-state index in [0.717, 1.165) is 6.92 Å². The van der Waals surface area contributed by atoms with Crippen LogP contribution in [0.5, 0.6) is 0 Å². The van der Waals surface area contributed by atoms with Crippen LogP contribution in [0.4, 0.5) is 13.2 Å². The lowest BCUT2D eigenvalue weighted by atomic mass is 10.0. The Hall–Kier alpha value is -0.520. The molecular formula is C6H7F3O2S. The summed E-state index contributed by atoms with van der Waals surface area (Å²) in [6.07, 6.45) is -5.50. The van der Waals surface area contributed by atoms with Crippen LogP contribution in [-0.4, -0.2) is 17.1 Å². The fourth-order valence-corrected chi connectivity index (χ4v) is 0.868. The summed E-state index contributed by atoms with van der Waals surface area (Å²) in [5, 5.41) is -1.32. The molecule has 0 amide bonds. The normalized spacial score (nSPS) is 14.1. The third-order valence-electron chi connectivity index (χ3n) is 1.18. The maximum atomic E-state index is 11.9. The summed E-state index contributed by atoms with van der Waals surface area (Å²) in [6.45, 7) is 0.995. The van der Waals surface area contributed by atoms with Gasteiger partial charge in [0.05, 0.1) is 0 Å². The van der Waals surface area contributed by atoms with Crippen LogP contribution in [0.3, 0.4) is 0 Å². The Morgan fingerprint density at radius 2 is 1.83 bits per heavy atom. The number of halogens is 3. The number of carbonyl (C=O) groups excluding carboxylic acids is 2. The van der Waals surface area contributed by atoms with Crippen LogP contribution in [0.15, 0.2) is 0 Å². The van der Waals surface area contributed by atoms with Crippen molar-refractivity contribution in [1.82, 2.24) is 0 Å². The van der Waals surface area contributed by atoms with Gasteiger partial charge in [-0.25, -0.2) is 0 Å². The Balaban J connectivity index is 4.46. The Kier molecular flexibility index (Phi) is 3.76. The minimum absolute atomic E-state index is 0.681. The van der Waals surface area contributed by atoms with Gasteiger partial charge in [-0.05, 0) is 6.92 Å². The van der Waals surface area contributed by atoms with Crippen LogP contribution in [0.25, 0.3) is 0 Å². The molecule has 1 unspecified atom stereocenters. The molecule has 0 saturated carbocycles. The first-order valence-electron chi connectivity index (χ1n) is 3.04. The monoisotopic (exact) mass is 200 g/mol. The van der Waals surface area contributed by atoms with E-state index in [4.69, 9.17) is 0 Å². The summed E-state index contributed by atoms with van der Waals surface area (Å²) >= 11 is 3.05. The first-order valence-corrected chi connectivity index (χ1v) is 3.49. The van der Waals surface area contributed by atoms with Crippen LogP contribution in [0, 0.1) is 5.92 Å². The maximum absolute atomic E-state index is 11.9. The summed E-state index contributed by atoms with van der Waals surface area (Å²) in [5.74, 6) is -2.95. The van der Waals surface area contributed by atoms with Gasteiger partial charge in [0.25, 0.3) is 0 Å². The predicted octanol–water partition coefficient (Wildman–Crippen LogP) is 1.60. The Morgan fingerprint density at radius 1 is 1.42 bits per heavy atom. The van der Waals surface area contributed by atoms with Gasteiger partial charge in [-0.3, -0.25) is 9.59 Å². The minimum atomic E-state index is -4.68. The van der Waals surface area contributed by atoms with Gasteiger partial charge in [0.1, 0.15) is 11.7 Å². The fourth-order valence-electron chi connectivity index (χ4n) is 0.631. The molecule has 0 aromatic heterocycles. The van der Waals surface area contributed by atoms with Gasteiger partial charge in [-0.1, -0.05) is 0 Å². The van der Waals surface area contributed by atoms with E-state index in [1.54, 1.807) is 0 Å². The highest BCUT2D eigenvalue weighted by Crippen LogP contribution is 2.30. The topological polar surface area (TPSA) is 34.1 Å².